The number of anilines is 1. The van der Waals surface area contributed by atoms with E-state index in [0.29, 0.717) is 34.3 Å². The first-order chi connectivity index (χ1) is 15.9. The molecule has 0 aliphatic carbocycles. The van der Waals surface area contributed by atoms with Gasteiger partial charge in [0.1, 0.15) is 18.1 Å². The van der Waals surface area contributed by atoms with Crippen molar-refractivity contribution < 1.29 is 14.3 Å². The molecule has 4 rings (SSSR count). The van der Waals surface area contributed by atoms with E-state index in [1.807, 2.05) is 63.2 Å². The van der Waals surface area contributed by atoms with E-state index in [1.165, 1.54) is 21.8 Å². The number of hydrogen-bond donors (Lipinski definition) is 1. The van der Waals surface area contributed by atoms with Crippen molar-refractivity contribution in [1.29, 1.82) is 0 Å². The first-order valence-electron chi connectivity index (χ1n) is 10.7. The predicted molar refractivity (Wildman–Crippen MR) is 129 cm³/mol. The van der Waals surface area contributed by atoms with Crippen LogP contribution < -0.4 is 20.3 Å². The second-order valence-electron chi connectivity index (χ2n) is 7.69. The monoisotopic (exact) mass is 463 g/mol. The molecule has 2 heterocycles. The molecule has 33 heavy (non-hydrogen) atoms. The Balaban J connectivity index is 1.50. The standard InChI is InChI=1S/C25H25N3O4S/c1-4-21(32-19-8-6-5-7-9-19)24(30)27-20-12-16(2)10-11-22(20)31-15-18-13-23(29)28-14-17(3)33-25(28)26-18/h5-14,21H,4,15H2,1-3H3,(H,27,30)/t21-/m0/s1. The molecule has 1 N–H and O–H groups in total. The third-order valence-electron chi connectivity index (χ3n) is 4.99. The van der Waals surface area contributed by atoms with Crippen molar-refractivity contribution in [3.05, 3.63) is 87.3 Å². The van der Waals surface area contributed by atoms with Crippen LogP contribution in [0.3, 0.4) is 0 Å². The van der Waals surface area contributed by atoms with Crippen LogP contribution in [0.15, 0.2) is 65.6 Å². The number of hydrogen-bond acceptors (Lipinski definition) is 6. The lowest BCUT2D eigenvalue weighted by Gasteiger charge is -2.19. The molecular weight excluding hydrogens is 438 g/mol. The Morgan fingerprint density at radius 1 is 1.15 bits per heavy atom. The summed E-state index contributed by atoms with van der Waals surface area (Å²) in [5.74, 6) is 0.869. The maximum Gasteiger partial charge on any atom is 0.265 e. The Morgan fingerprint density at radius 2 is 1.94 bits per heavy atom. The average molecular weight is 464 g/mol. The average Bonchev–Trinajstić information content (AvgIpc) is 3.18. The third-order valence-corrected chi connectivity index (χ3v) is 5.89. The van der Waals surface area contributed by atoms with Crippen LogP contribution in [-0.2, 0) is 11.4 Å². The Hall–Kier alpha value is -3.65. The van der Waals surface area contributed by atoms with E-state index in [2.05, 4.69) is 10.3 Å². The van der Waals surface area contributed by atoms with Gasteiger partial charge in [0.25, 0.3) is 11.5 Å². The van der Waals surface area contributed by atoms with Gasteiger partial charge in [-0.3, -0.25) is 14.0 Å². The van der Waals surface area contributed by atoms with E-state index in [9.17, 15) is 9.59 Å². The van der Waals surface area contributed by atoms with Crippen LogP contribution in [-0.4, -0.2) is 21.4 Å². The van der Waals surface area contributed by atoms with Crippen LogP contribution in [0.4, 0.5) is 5.69 Å². The van der Waals surface area contributed by atoms with Crippen molar-refractivity contribution in [2.24, 2.45) is 0 Å². The highest BCUT2D eigenvalue weighted by molar-refractivity contribution is 7.16. The second-order valence-corrected chi connectivity index (χ2v) is 8.90. The number of ether oxygens (including phenoxy) is 2. The van der Waals surface area contributed by atoms with E-state index in [1.54, 1.807) is 12.3 Å². The van der Waals surface area contributed by atoms with Crippen LogP contribution in [0.2, 0.25) is 0 Å². The van der Waals surface area contributed by atoms with Gasteiger partial charge in [0.15, 0.2) is 11.1 Å². The highest BCUT2D eigenvalue weighted by Gasteiger charge is 2.20. The van der Waals surface area contributed by atoms with E-state index in [-0.39, 0.29) is 18.1 Å². The topological polar surface area (TPSA) is 81.9 Å². The fourth-order valence-corrected chi connectivity index (χ4v) is 4.20. The van der Waals surface area contributed by atoms with Gasteiger partial charge in [-0.2, -0.15) is 0 Å². The first-order valence-corrected chi connectivity index (χ1v) is 11.5. The largest absolute Gasteiger partial charge is 0.485 e. The molecule has 0 fully saturated rings. The third kappa shape index (κ3) is 5.40. The molecular formula is C25H25N3O4S. The summed E-state index contributed by atoms with van der Waals surface area (Å²) in [5.41, 5.74) is 1.89. The van der Waals surface area contributed by atoms with Crippen LogP contribution >= 0.6 is 11.3 Å². The minimum absolute atomic E-state index is 0.104. The number of thiazole rings is 1. The highest BCUT2D eigenvalue weighted by Crippen LogP contribution is 2.27. The van der Waals surface area contributed by atoms with E-state index < -0.39 is 6.10 Å². The van der Waals surface area contributed by atoms with Gasteiger partial charge in [0.05, 0.1) is 11.4 Å². The molecule has 0 aliphatic rings. The number of aromatic nitrogens is 2. The van der Waals surface area contributed by atoms with Crippen molar-refractivity contribution in [1.82, 2.24) is 9.38 Å². The molecule has 7 nitrogen and oxygen atoms in total. The Labute approximate surface area is 195 Å². The summed E-state index contributed by atoms with van der Waals surface area (Å²) in [4.78, 5) is 31.4. The Kier molecular flexibility index (Phi) is 6.74. The summed E-state index contributed by atoms with van der Waals surface area (Å²) in [6, 6.07) is 16.3. The smallest absolute Gasteiger partial charge is 0.265 e. The van der Waals surface area contributed by atoms with Crippen LogP contribution in [0.1, 0.15) is 29.5 Å². The number of amides is 1. The number of para-hydroxylation sites is 1. The summed E-state index contributed by atoms with van der Waals surface area (Å²) in [5, 5.41) is 2.93. The van der Waals surface area contributed by atoms with E-state index >= 15 is 0 Å². The molecule has 2 aromatic heterocycles. The van der Waals surface area contributed by atoms with Crippen molar-refractivity contribution in [3.8, 4) is 11.5 Å². The molecule has 0 unspecified atom stereocenters. The number of fused-ring (bicyclic) bond motifs is 1. The van der Waals surface area contributed by atoms with Gasteiger partial charge in [0, 0.05) is 17.1 Å². The van der Waals surface area contributed by atoms with Gasteiger partial charge in [-0.15, -0.1) is 11.3 Å². The normalized spacial score (nSPS) is 11.8. The molecule has 8 heteroatoms. The van der Waals surface area contributed by atoms with Gasteiger partial charge >= 0.3 is 0 Å². The van der Waals surface area contributed by atoms with Crippen LogP contribution in [0, 0.1) is 13.8 Å². The maximum absolute atomic E-state index is 12.9. The maximum atomic E-state index is 12.9. The summed E-state index contributed by atoms with van der Waals surface area (Å²) in [6.07, 6.45) is 1.64. The minimum atomic E-state index is -0.646. The molecule has 0 aliphatic heterocycles. The number of carbonyl (C=O) groups excluding carboxylic acids is 1. The molecule has 0 saturated carbocycles. The SMILES string of the molecule is CC[C@H](Oc1ccccc1)C(=O)Nc1cc(C)ccc1OCc1cc(=O)n2cc(C)sc2n1. The summed E-state index contributed by atoms with van der Waals surface area (Å²) in [6.45, 7) is 5.87. The zero-order valence-electron chi connectivity index (χ0n) is 18.7. The zero-order valence-corrected chi connectivity index (χ0v) is 19.5. The van der Waals surface area contributed by atoms with Crippen molar-refractivity contribution >= 4 is 27.9 Å². The molecule has 4 aromatic rings. The quantitative estimate of drug-likeness (QED) is 0.408. The van der Waals surface area contributed by atoms with Crippen LogP contribution in [0.25, 0.3) is 4.96 Å². The van der Waals surface area contributed by atoms with Crippen molar-refractivity contribution in [2.75, 3.05) is 5.32 Å². The Bertz CT molecular complexity index is 1330. The second kappa shape index (κ2) is 9.87. The zero-order chi connectivity index (χ0) is 23.4. The summed E-state index contributed by atoms with van der Waals surface area (Å²) in [7, 11) is 0. The van der Waals surface area contributed by atoms with Crippen molar-refractivity contribution in [3.63, 3.8) is 0 Å². The molecule has 2 aromatic carbocycles. The van der Waals surface area contributed by atoms with Gasteiger partial charge in [0.2, 0.25) is 0 Å². The molecule has 1 amide bonds. The number of nitrogens with one attached hydrogen (secondary N) is 1. The van der Waals surface area contributed by atoms with E-state index in [4.69, 9.17) is 9.47 Å². The van der Waals surface area contributed by atoms with Gasteiger partial charge in [-0.05, 0) is 50.1 Å². The molecule has 0 bridgehead atoms. The fraction of sp³-hybridized carbons (Fsp3) is 0.240. The minimum Gasteiger partial charge on any atom is -0.485 e. The molecule has 0 spiro atoms. The fourth-order valence-electron chi connectivity index (χ4n) is 3.35. The number of aryl methyl sites for hydroxylation is 2. The molecule has 170 valence electrons. The molecule has 0 saturated heterocycles. The lowest BCUT2D eigenvalue weighted by Crippen LogP contribution is -2.32. The lowest BCUT2D eigenvalue weighted by molar-refractivity contribution is -0.122. The number of carbonyl (C=O) groups is 1. The van der Waals surface area contributed by atoms with E-state index in [0.717, 1.165) is 10.4 Å². The predicted octanol–water partition coefficient (Wildman–Crippen LogP) is 4.75. The number of rotatable bonds is 8. The first kappa shape index (κ1) is 22.5. The highest BCUT2D eigenvalue weighted by atomic mass is 32.1. The van der Waals surface area contributed by atoms with Gasteiger partial charge < -0.3 is 14.8 Å². The van der Waals surface area contributed by atoms with Gasteiger partial charge in [-0.25, -0.2) is 4.98 Å². The van der Waals surface area contributed by atoms with Crippen LogP contribution in [0.5, 0.6) is 11.5 Å². The lowest BCUT2D eigenvalue weighted by atomic mass is 10.2. The summed E-state index contributed by atoms with van der Waals surface area (Å²) < 4.78 is 13.3. The number of nitrogens with zero attached hydrogens (tertiary/aromatic N) is 2. The van der Waals surface area contributed by atoms with Crippen molar-refractivity contribution in [2.45, 2.75) is 39.9 Å². The molecule has 0 radical (unpaired) electrons. The molecule has 1 atom stereocenters. The Morgan fingerprint density at radius 3 is 2.70 bits per heavy atom. The summed E-state index contributed by atoms with van der Waals surface area (Å²) >= 11 is 1.45. The van der Waals surface area contributed by atoms with Gasteiger partial charge in [-0.1, -0.05) is 31.2 Å². The number of benzene rings is 2.